The minimum absolute atomic E-state index is 0.537. The van der Waals surface area contributed by atoms with Gasteiger partial charge in [0.15, 0.2) is 0 Å². The summed E-state index contributed by atoms with van der Waals surface area (Å²) in [6.45, 7) is 0.746. The van der Waals surface area contributed by atoms with Crippen molar-refractivity contribution in [1.82, 2.24) is 14.8 Å². The Morgan fingerprint density at radius 3 is 3.00 bits per heavy atom. The number of nitrogens with zero attached hydrogens (tertiary/aromatic N) is 3. The second-order valence-corrected chi connectivity index (χ2v) is 4.13. The lowest BCUT2D eigenvalue weighted by Gasteiger charge is -2.07. The molecule has 5 nitrogen and oxygen atoms in total. The summed E-state index contributed by atoms with van der Waals surface area (Å²) in [4.78, 5) is 4.13. The zero-order valence-electron chi connectivity index (χ0n) is 9.52. The van der Waals surface area contributed by atoms with E-state index in [4.69, 9.17) is 17.3 Å². The van der Waals surface area contributed by atoms with Crippen molar-refractivity contribution < 1.29 is 0 Å². The Bertz CT molecular complexity index is 508. The number of pyridine rings is 1. The number of anilines is 2. The first-order valence-corrected chi connectivity index (χ1v) is 5.66. The van der Waals surface area contributed by atoms with Gasteiger partial charge < -0.3 is 11.1 Å². The van der Waals surface area contributed by atoms with Gasteiger partial charge in [0.05, 0.1) is 16.9 Å². The number of halogens is 1. The highest BCUT2D eigenvalue weighted by atomic mass is 35.5. The third-order valence-corrected chi connectivity index (χ3v) is 2.75. The lowest BCUT2D eigenvalue weighted by molar-refractivity contribution is 0.711. The van der Waals surface area contributed by atoms with E-state index in [0.29, 0.717) is 16.5 Å². The normalized spacial score (nSPS) is 10.5. The molecule has 0 aliphatic carbocycles. The van der Waals surface area contributed by atoms with Crippen LogP contribution in [0.5, 0.6) is 0 Å². The minimum atomic E-state index is 0.537. The predicted molar refractivity (Wildman–Crippen MR) is 69.1 cm³/mol. The van der Waals surface area contributed by atoms with E-state index in [-0.39, 0.29) is 0 Å². The Morgan fingerprint density at radius 2 is 2.35 bits per heavy atom. The largest absolute Gasteiger partial charge is 0.397 e. The van der Waals surface area contributed by atoms with Crippen molar-refractivity contribution in [3.8, 4) is 0 Å². The van der Waals surface area contributed by atoms with Crippen molar-refractivity contribution in [3.05, 3.63) is 35.2 Å². The number of nitrogens with one attached hydrogen (secondary N) is 1. The van der Waals surface area contributed by atoms with E-state index in [1.165, 1.54) is 0 Å². The van der Waals surface area contributed by atoms with Gasteiger partial charge in [-0.1, -0.05) is 11.6 Å². The van der Waals surface area contributed by atoms with E-state index in [0.717, 1.165) is 18.7 Å². The molecule has 0 unspecified atom stereocenters. The molecule has 0 bridgehead atoms. The van der Waals surface area contributed by atoms with Gasteiger partial charge >= 0.3 is 0 Å². The average Bonchev–Trinajstić information content (AvgIpc) is 2.68. The summed E-state index contributed by atoms with van der Waals surface area (Å²) >= 11 is 6.00. The maximum Gasteiger partial charge on any atom is 0.144 e. The summed E-state index contributed by atoms with van der Waals surface area (Å²) in [5, 5.41) is 7.81. The fourth-order valence-electron chi connectivity index (χ4n) is 1.54. The lowest BCUT2D eigenvalue weighted by atomic mass is 10.3. The van der Waals surface area contributed by atoms with Crippen molar-refractivity contribution in [2.75, 3.05) is 17.6 Å². The van der Waals surface area contributed by atoms with E-state index < -0.39 is 0 Å². The predicted octanol–water partition coefficient (Wildman–Crippen LogP) is 1.71. The fraction of sp³-hybridized carbons (Fsp3) is 0.273. The molecular weight excluding hydrogens is 238 g/mol. The molecule has 0 radical (unpaired) electrons. The first kappa shape index (κ1) is 11.7. The highest BCUT2D eigenvalue weighted by molar-refractivity contribution is 6.33. The van der Waals surface area contributed by atoms with Gasteiger partial charge in [-0.2, -0.15) is 5.10 Å². The Hall–Kier alpha value is -1.75. The quantitative estimate of drug-likeness (QED) is 0.868. The molecule has 0 aliphatic heterocycles. The summed E-state index contributed by atoms with van der Waals surface area (Å²) in [5.74, 6) is 0.656. The molecule has 0 spiro atoms. The molecular formula is C11H14ClN5. The molecule has 2 aromatic rings. The molecule has 0 fully saturated rings. The molecule has 0 amide bonds. The summed E-state index contributed by atoms with van der Waals surface area (Å²) < 4.78 is 1.85. The summed E-state index contributed by atoms with van der Waals surface area (Å²) in [7, 11) is 1.92. The molecule has 2 aromatic heterocycles. The third-order valence-electron chi connectivity index (χ3n) is 2.46. The van der Waals surface area contributed by atoms with E-state index in [1.807, 2.05) is 17.8 Å². The van der Waals surface area contributed by atoms with Crippen molar-refractivity contribution in [3.63, 3.8) is 0 Å². The van der Waals surface area contributed by atoms with E-state index >= 15 is 0 Å². The molecule has 17 heavy (non-hydrogen) atoms. The first-order chi connectivity index (χ1) is 8.16. The van der Waals surface area contributed by atoms with Crippen LogP contribution in [0.25, 0.3) is 0 Å². The van der Waals surface area contributed by atoms with Crippen LogP contribution in [0.15, 0.2) is 24.5 Å². The van der Waals surface area contributed by atoms with Crippen LogP contribution in [0.1, 0.15) is 5.69 Å². The third kappa shape index (κ3) is 2.88. The fourth-order valence-corrected chi connectivity index (χ4v) is 1.78. The molecule has 0 saturated carbocycles. The first-order valence-electron chi connectivity index (χ1n) is 5.28. The SMILES string of the molecule is Cn1nccc1CCNc1ncc(N)cc1Cl. The average molecular weight is 252 g/mol. The van der Waals surface area contributed by atoms with E-state index in [9.17, 15) is 0 Å². The topological polar surface area (TPSA) is 68.8 Å². The Morgan fingerprint density at radius 1 is 1.53 bits per heavy atom. The van der Waals surface area contributed by atoms with Gasteiger partial charge in [-0.15, -0.1) is 0 Å². The Labute approximate surface area is 105 Å². The molecule has 6 heteroatoms. The zero-order valence-corrected chi connectivity index (χ0v) is 10.3. The van der Waals surface area contributed by atoms with Crippen LogP contribution in [-0.2, 0) is 13.5 Å². The van der Waals surface area contributed by atoms with Crippen molar-refractivity contribution >= 4 is 23.1 Å². The van der Waals surface area contributed by atoms with Gasteiger partial charge in [0, 0.05) is 31.9 Å². The molecule has 0 atom stereocenters. The maximum absolute atomic E-state index is 6.00. The highest BCUT2D eigenvalue weighted by Crippen LogP contribution is 2.20. The van der Waals surface area contributed by atoms with Crippen molar-refractivity contribution in [2.45, 2.75) is 6.42 Å². The van der Waals surface area contributed by atoms with Gasteiger partial charge in [-0.05, 0) is 12.1 Å². The molecule has 0 aromatic carbocycles. The summed E-state index contributed by atoms with van der Waals surface area (Å²) in [6.07, 6.45) is 4.22. The number of hydrogen-bond donors (Lipinski definition) is 2. The minimum Gasteiger partial charge on any atom is -0.397 e. The molecule has 0 saturated heterocycles. The van der Waals surface area contributed by atoms with Gasteiger partial charge in [0.25, 0.3) is 0 Å². The van der Waals surface area contributed by atoms with Crippen LogP contribution in [0.2, 0.25) is 5.02 Å². The molecule has 0 aliphatic rings. The lowest BCUT2D eigenvalue weighted by Crippen LogP contribution is -2.09. The van der Waals surface area contributed by atoms with E-state index in [2.05, 4.69) is 15.4 Å². The second-order valence-electron chi connectivity index (χ2n) is 3.72. The van der Waals surface area contributed by atoms with Crippen molar-refractivity contribution in [1.29, 1.82) is 0 Å². The van der Waals surface area contributed by atoms with E-state index in [1.54, 1.807) is 18.5 Å². The van der Waals surface area contributed by atoms with Gasteiger partial charge in [-0.3, -0.25) is 4.68 Å². The molecule has 90 valence electrons. The maximum atomic E-state index is 6.00. The van der Waals surface area contributed by atoms with Crippen LogP contribution < -0.4 is 11.1 Å². The number of aryl methyl sites for hydroxylation is 1. The van der Waals surface area contributed by atoms with Gasteiger partial charge in [-0.25, -0.2) is 4.98 Å². The zero-order chi connectivity index (χ0) is 12.3. The Balaban J connectivity index is 1.92. The van der Waals surface area contributed by atoms with Crippen LogP contribution in [0, 0.1) is 0 Å². The molecule has 3 N–H and O–H groups in total. The number of nitrogen functional groups attached to an aromatic ring is 1. The van der Waals surface area contributed by atoms with Crippen molar-refractivity contribution in [2.24, 2.45) is 7.05 Å². The van der Waals surface area contributed by atoms with Crippen LogP contribution in [0.3, 0.4) is 0 Å². The van der Waals surface area contributed by atoms with Gasteiger partial charge in [0.1, 0.15) is 5.82 Å². The number of hydrogen-bond acceptors (Lipinski definition) is 4. The summed E-state index contributed by atoms with van der Waals surface area (Å²) in [6, 6.07) is 3.67. The van der Waals surface area contributed by atoms with Gasteiger partial charge in [0.2, 0.25) is 0 Å². The smallest absolute Gasteiger partial charge is 0.144 e. The molecule has 2 heterocycles. The number of rotatable bonds is 4. The Kier molecular flexibility index (Phi) is 3.49. The number of nitrogens with two attached hydrogens (primary N) is 1. The molecule has 2 rings (SSSR count). The number of aromatic nitrogens is 3. The standard InChI is InChI=1S/C11H14ClN5/c1-17-9(3-5-16-17)2-4-14-11-10(12)6-8(13)7-15-11/h3,5-7H,2,4,13H2,1H3,(H,14,15). The van der Waals surface area contributed by atoms with Crippen LogP contribution in [-0.4, -0.2) is 21.3 Å². The monoisotopic (exact) mass is 251 g/mol. The van der Waals surface area contributed by atoms with Crippen LogP contribution in [0.4, 0.5) is 11.5 Å². The highest BCUT2D eigenvalue weighted by Gasteiger charge is 2.03. The summed E-state index contributed by atoms with van der Waals surface area (Å²) in [5.41, 5.74) is 7.29. The second kappa shape index (κ2) is 5.05. The van der Waals surface area contributed by atoms with Crippen LogP contribution >= 0.6 is 11.6 Å².